The van der Waals surface area contributed by atoms with E-state index in [9.17, 15) is 4.79 Å². The summed E-state index contributed by atoms with van der Waals surface area (Å²) < 4.78 is 0. The van der Waals surface area contributed by atoms with Crippen molar-refractivity contribution >= 4 is 39.8 Å². The van der Waals surface area contributed by atoms with Gasteiger partial charge in [0.2, 0.25) is 5.91 Å². The lowest BCUT2D eigenvalue weighted by Crippen LogP contribution is -2.30. The Hall–Kier alpha value is -2.92. The third kappa shape index (κ3) is 4.10. The number of carbonyl (C=O) groups excluding carboxylic acids is 1. The van der Waals surface area contributed by atoms with Gasteiger partial charge in [-0.2, -0.15) is 5.10 Å². The molecule has 0 spiro atoms. The molecule has 0 unspecified atom stereocenters. The van der Waals surface area contributed by atoms with E-state index >= 15 is 0 Å². The molecule has 1 aliphatic heterocycles. The van der Waals surface area contributed by atoms with Crippen LogP contribution in [0.25, 0.3) is 10.8 Å². The number of carbonyl (C=O) groups is 1. The molecule has 146 valence electrons. The summed E-state index contributed by atoms with van der Waals surface area (Å²) in [6.07, 6.45) is 1.76. The molecule has 0 aliphatic carbocycles. The highest BCUT2D eigenvalue weighted by molar-refractivity contribution is 8.15. The van der Waals surface area contributed by atoms with Crippen LogP contribution < -0.4 is 0 Å². The maximum atomic E-state index is 12.8. The average molecular weight is 402 g/mol. The minimum Gasteiger partial charge on any atom is -0.284 e. The maximum Gasteiger partial charge on any atom is 0.242 e. The molecule has 0 aromatic heterocycles. The number of thioether (sulfide) groups is 1. The number of hydrogen-bond acceptors (Lipinski definition) is 4. The minimum absolute atomic E-state index is 0.0726. The third-order valence-electron chi connectivity index (χ3n) is 5.10. The average Bonchev–Trinajstić information content (AvgIpc) is 2.97. The van der Waals surface area contributed by atoms with Crippen molar-refractivity contribution in [2.75, 3.05) is 0 Å². The molecule has 5 heteroatoms. The summed E-state index contributed by atoms with van der Waals surface area (Å²) in [4.78, 5) is 14.5. The molecule has 29 heavy (non-hydrogen) atoms. The number of amidine groups is 1. The normalized spacial score (nSPS) is 18.4. The number of benzene rings is 3. The van der Waals surface area contributed by atoms with Crippen molar-refractivity contribution in [2.24, 2.45) is 10.2 Å². The van der Waals surface area contributed by atoms with Crippen LogP contribution in [0.4, 0.5) is 0 Å². The summed E-state index contributed by atoms with van der Waals surface area (Å²) >= 11 is 1.46. The Bertz CT molecular complexity index is 1130. The quantitative estimate of drug-likeness (QED) is 0.439. The molecule has 0 N–H and O–H groups in total. The van der Waals surface area contributed by atoms with Crippen molar-refractivity contribution in [1.29, 1.82) is 0 Å². The summed E-state index contributed by atoms with van der Waals surface area (Å²) in [5, 5.41) is 11.5. The van der Waals surface area contributed by atoms with E-state index in [-0.39, 0.29) is 11.2 Å². The minimum atomic E-state index is -0.153. The Morgan fingerprint density at radius 1 is 1.07 bits per heavy atom. The lowest BCUT2D eigenvalue weighted by atomic mass is 10.0. The highest BCUT2D eigenvalue weighted by Crippen LogP contribution is 2.30. The lowest BCUT2D eigenvalue weighted by molar-refractivity contribution is -0.126. The first-order valence-electron chi connectivity index (χ1n) is 9.66. The molecule has 0 radical (unpaired) electrons. The van der Waals surface area contributed by atoms with Crippen molar-refractivity contribution in [3.05, 3.63) is 82.9 Å². The summed E-state index contributed by atoms with van der Waals surface area (Å²) in [6.45, 7) is 6.54. The first kappa shape index (κ1) is 19.4. The van der Waals surface area contributed by atoms with Crippen molar-refractivity contribution in [3.63, 3.8) is 0 Å². The van der Waals surface area contributed by atoms with Crippen LogP contribution in [0.15, 0.2) is 70.9 Å². The van der Waals surface area contributed by atoms with Crippen LogP contribution in [0.3, 0.4) is 0 Å². The number of fused-ring (bicyclic) bond motifs is 1. The van der Waals surface area contributed by atoms with Gasteiger partial charge in [0.05, 0.1) is 18.0 Å². The molecule has 3 aromatic carbocycles. The van der Waals surface area contributed by atoms with Gasteiger partial charge in [-0.15, -0.1) is 5.10 Å². The first-order valence-corrected chi connectivity index (χ1v) is 10.5. The molecule has 4 nitrogen and oxygen atoms in total. The third-order valence-corrected chi connectivity index (χ3v) is 6.17. The van der Waals surface area contributed by atoms with Crippen LogP contribution in [-0.2, 0) is 11.3 Å². The van der Waals surface area contributed by atoms with Crippen LogP contribution in [0.1, 0.15) is 29.2 Å². The fourth-order valence-electron chi connectivity index (χ4n) is 3.52. The molecule has 4 rings (SSSR count). The largest absolute Gasteiger partial charge is 0.284 e. The second kappa shape index (κ2) is 8.21. The van der Waals surface area contributed by atoms with Crippen molar-refractivity contribution in [3.8, 4) is 0 Å². The lowest BCUT2D eigenvalue weighted by Gasteiger charge is -2.17. The van der Waals surface area contributed by atoms with E-state index in [2.05, 4.69) is 60.4 Å². The highest BCUT2D eigenvalue weighted by Gasteiger charge is 2.35. The Kier molecular flexibility index (Phi) is 5.49. The molecule has 1 atom stereocenters. The number of rotatable bonds is 4. The molecule has 3 aromatic rings. The van der Waals surface area contributed by atoms with Gasteiger partial charge in [-0.25, -0.2) is 0 Å². The Morgan fingerprint density at radius 3 is 2.69 bits per heavy atom. The van der Waals surface area contributed by atoms with Gasteiger partial charge in [-0.1, -0.05) is 78.0 Å². The second-order valence-electron chi connectivity index (χ2n) is 7.31. The van der Waals surface area contributed by atoms with Gasteiger partial charge in [0.25, 0.3) is 0 Å². The molecule has 1 aliphatic rings. The predicted molar refractivity (Wildman–Crippen MR) is 122 cm³/mol. The van der Waals surface area contributed by atoms with E-state index in [4.69, 9.17) is 0 Å². The predicted octanol–water partition coefficient (Wildman–Crippen LogP) is 5.31. The SMILES string of the molecule is Cc1ccc(/C=N\N=C2/S[C@H](C)C(=O)N2Cc2cccc3ccccc23)c(C)c1. The number of nitrogens with zero attached hydrogens (tertiary/aromatic N) is 3. The zero-order chi connectivity index (χ0) is 20.4. The van der Waals surface area contributed by atoms with Gasteiger partial charge >= 0.3 is 0 Å². The van der Waals surface area contributed by atoms with E-state index < -0.39 is 0 Å². The zero-order valence-electron chi connectivity index (χ0n) is 16.8. The van der Waals surface area contributed by atoms with Gasteiger partial charge < -0.3 is 0 Å². The fraction of sp³-hybridized carbons (Fsp3) is 0.208. The van der Waals surface area contributed by atoms with Crippen molar-refractivity contribution in [2.45, 2.75) is 32.6 Å². The Labute approximate surface area is 175 Å². The van der Waals surface area contributed by atoms with Gasteiger partial charge in [0.15, 0.2) is 5.17 Å². The molecule has 1 heterocycles. The molecule has 0 bridgehead atoms. The molecule has 1 saturated heterocycles. The van der Waals surface area contributed by atoms with E-state index in [0.717, 1.165) is 22.1 Å². The molecular formula is C24H23N3OS. The van der Waals surface area contributed by atoms with Crippen molar-refractivity contribution < 1.29 is 4.79 Å². The Morgan fingerprint density at radius 2 is 1.86 bits per heavy atom. The highest BCUT2D eigenvalue weighted by atomic mass is 32.2. The Balaban J connectivity index is 1.61. The topological polar surface area (TPSA) is 45.0 Å². The fourth-order valence-corrected chi connectivity index (χ4v) is 4.44. The first-order chi connectivity index (χ1) is 14.0. The monoisotopic (exact) mass is 401 g/mol. The van der Waals surface area contributed by atoms with E-state index in [1.54, 1.807) is 11.1 Å². The van der Waals surface area contributed by atoms with Crippen LogP contribution in [0.5, 0.6) is 0 Å². The van der Waals surface area contributed by atoms with Crippen LogP contribution >= 0.6 is 11.8 Å². The van der Waals surface area contributed by atoms with Crippen LogP contribution in [-0.4, -0.2) is 27.4 Å². The van der Waals surface area contributed by atoms with Crippen LogP contribution in [0, 0.1) is 13.8 Å². The van der Waals surface area contributed by atoms with Gasteiger partial charge in [-0.3, -0.25) is 9.69 Å². The summed E-state index contributed by atoms with van der Waals surface area (Å²) in [5.41, 5.74) is 4.52. The van der Waals surface area contributed by atoms with Crippen molar-refractivity contribution in [1.82, 2.24) is 4.90 Å². The van der Waals surface area contributed by atoms with E-state index in [1.165, 1.54) is 22.7 Å². The van der Waals surface area contributed by atoms with Gasteiger partial charge in [-0.05, 0) is 48.2 Å². The number of amides is 1. The van der Waals surface area contributed by atoms with Gasteiger partial charge in [0, 0.05) is 0 Å². The summed E-state index contributed by atoms with van der Waals surface area (Å²) in [6, 6.07) is 20.6. The molecule has 1 fully saturated rings. The molecule has 1 amide bonds. The summed E-state index contributed by atoms with van der Waals surface area (Å²) in [5.74, 6) is 0.0726. The summed E-state index contributed by atoms with van der Waals surface area (Å²) in [7, 11) is 0. The maximum absolute atomic E-state index is 12.8. The smallest absolute Gasteiger partial charge is 0.242 e. The van der Waals surface area contributed by atoms with E-state index in [0.29, 0.717) is 11.7 Å². The van der Waals surface area contributed by atoms with Gasteiger partial charge in [0.1, 0.15) is 0 Å². The van der Waals surface area contributed by atoms with E-state index in [1.807, 2.05) is 31.2 Å². The molecule has 0 saturated carbocycles. The number of hydrogen-bond donors (Lipinski definition) is 0. The van der Waals surface area contributed by atoms with Crippen LogP contribution in [0.2, 0.25) is 0 Å². The standard InChI is InChI=1S/C24H23N3OS/c1-16-11-12-20(17(2)13-16)14-25-26-24-27(23(28)18(3)29-24)15-21-9-6-8-19-7-4-5-10-22(19)21/h4-14,18H,15H2,1-3H3/b25-14-,26-24-/t18-/m1/s1. The second-order valence-corrected chi connectivity index (χ2v) is 8.62. The zero-order valence-corrected chi connectivity index (χ0v) is 17.6. The number of aryl methyl sites for hydroxylation is 2. The molecular weight excluding hydrogens is 378 g/mol.